The molecule has 0 unspecified atom stereocenters. The number of rotatable bonds is 6. The van der Waals surface area contributed by atoms with E-state index in [4.69, 9.17) is 4.74 Å². The van der Waals surface area contributed by atoms with Gasteiger partial charge in [0.25, 0.3) is 0 Å². The van der Waals surface area contributed by atoms with Gasteiger partial charge in [0, 0.05) is 11.0 Å². The predicted octanol–water partition coefficient (Wildman–Crippen LogP) is 2.98. The Kier molecular flexibility index (Phi) is 7.66. The molecule has 0 aromatic heterocycles. The number of esters is 1. The summed E-state index contributed by atoms with van der Waals surface area (Å²) in [5.74, 6) is 0.763. The Labute approximate surface area is 88.6 Å². The topological polar surface area (TPSA) is 26.3 Å². The van der Waals surface area contributed by atoms with Crippen LogP contribution in [0.3, 0.4) is 0 Å². The van der Waals surface area contributed by atoms with Gasteiger partial charge in [-0.05, 0) is 0 Å². The molecule has 0 atom stereocenters. The normalized spacial score (nSPS) is 10.9. The highest BCUT2D eigenvalue weighted by atomic mass is 33.1. The maximum absolute atomic E-state index is 11.0. The summed E-state index contributed by atoms with van der Waals surface area (Å²) in [5, 5.41) is 0.630. The number of ether oxygens (including phenoxy) is 1. The van der Waals surface area contributed by atoms with Crippen LogP contribution in [0.15, 0.2) is 0 Å². The number of hydrogen-bond acceptors (Lipinski definition) is 4. The number of carbonyl (C=O) groups is 1. The van der Waals surface area contributed by atoms with Crippen molar-refractivity contribution >= 4 is 27.6 Å². The fourth-order valence-electron chi connectivity index (χ4n) is 0.527. The molecule has 4 heteroatoms. The van der Waals surface area contributed by atoms with Gasteiger partial charge in [0.05, 0.1) is 5.92 Å². The minimum Gasteiger partial charge on any atom is -0.465 e. The molecule has 0 saturated heterocycles. The molecule has 0 fully saturated rings. The largest absolute Gasteiger partial charge is 0.465 e. The second kappa shape index (κ2) is 7.56. The second-order valence-corrected chi connectivity index (χ2v) is 6.35. The highest BCUT2D eigenvalue weighted by Gasteiger charge is 2.07. The monoisotopic (exact) mass is 222 g/mol. The van der Waals surface area contributed by atoms with E-state index < -0.39 is 0 Å². The first-order valence-electron chi connectivity index (χ1n) is 4.49. The Bertz CT molecular complexity index is 147. The van der Waals surface area contributed by atoms with Crippen LogP contribution in [-0.2, 0) is 9.53 Å². The molecule has 0 saturated carbocycles. The summed E-state index contributed by atoms with van der Waals surface area (Å²) in [5.41, 5.74) is 0. The van der Waals surface area contributed by atoms with Crippen molar-refractivity contribution in [3.8, 4) is 0 Å². The van der Waals surface area contributed by atoms with Crippen molar-refractivity contribution < 1.29 is 9.53 Å². The van der Waals surface area contributed by atoms with Crippen molar-refractivity contribution in [3.05, 3.63) is 0 Å². The van der Waals surface area contributed by atoms with Crippen molar-refractivity contribution in [2.45, 2.75) is 32.9 Å². The number of hydrogen-bond donors (Lipinski definition) is 0. The van der Waals surface area contributed by atoms with E-state index in [1.165, 1.54) is 0 Å². The van der Waals surface area contributed by atoms with E-state index in [9.17, 15) is 4.79 Å². The van der Waals surface area contributed by atoms with Crippen molar-refractivity contribution in [3.63, 3.8) is 0 Å². The van der Waals surface area contributed by atoms with Crippen LogP contribution >= 0.6 is 21.6 Å². The lowest BCUT2D eigenvalue weighted by molar-refractivity contribution is -0.146. The Hall–Kier alpha value is 0.170. The molecule has 0 aromatic rings. The molecular weight excluding hydrogens is 204 g/mol. The van der Waals surface area contributed by atoms with Gasteiger partial charge in [-0.1, -0.05) is 49.3 Å². The van der Waals surface area contributed by atoms with Crippen molar-refractivity contribution in [2.24, 2.45) is 5.92 Å². The molecule has 0 aliphatic rings. The van der Waals surface area contributed by atoms with E-state index in [1.54, 1.807) is 10.8 Å². The summed E-state index contributed by atoms with van der Waals surface area (Å²) in [6.07, 6.45) is 0. The van der Waals surface area contributed by atoms with Crippen molar-refractivity contribution in [1.29, 1.82) is 0 Å². The zero-order chi connectivity index (χ0) is 10.3. The first kappa shape index (κ1) is 13.2. The van der Waals surface area contributed by atoms with Gasteiger partial charge < -0.3 is 4.74 Å². The first-order chi connectivity index (χ1) is 6.04. The molecule has 0 aliphatic heterocycles. The van der Waals surface area contributed by atoms with E-state index in [1.807, 2.05) is 24.6 Å². The summed E-state index contributed by atoms with van der Waals surface area (Å²) < 4.78 is 5.01. The van der Waals surface area contributed by atoms with Gasteiger partial charge in [-0.3, -0.25) is 4.79 Å². The molecular formula is C9H18O2S2. The van der Waals surface area contributed by atoms with Crippen LogP contribution < -0.4 is 0 Å². The third-order valence-corrected chi connectivity index (χ3v) is 4.06. The summed E-state index contributed by atoms with van der Waals surface area (Å²) >= 11 is 0. The van der Waals surface area contributed by atoms with Gasteiger partial charge in [-0.25, -0.2) is 0 Å². The van der Waals surface area contributed by atoms with Crippen LogP contribution in [0.5, 0.6) is 0 Å². The Morgan fingerprint density at radius 1 is 1.31 bits per heavy atom. The fraction of sp³-hybridized carbons (Fsp3) is 0.889. The zero-order valence-corrected chi connectivity index (χ0v) is 10.3. The SMILES string of the molecule is CC(C)SSCCOC(=O)C(C)C. The fourth-order valence-corrected chi connectivity index (χ4v) is 2.36. The summed E-state index contributed by atoms with van der Waals surface area (Å²) in [4.78, 5) is 11.0. The lowest BCUT2D eigenvalue weighted by atomic mass is 10.2. The summed E-state index contributed by atoms with van der Waals surface area (Å²) in [7, 11) is 3.57. The van der Waals surface area contributed by atoms with Crippen LogP contribution in [0.4, 0.5) is 0 Å². The molecule has 0 bridgehead atoms. The molecule has 0 spiro atoms. The third kappa shape index (κ3) is 8.50. The highest BCUT2D eigenvalue weighted by Crippen LogP contribution is 2.25. The van der Waals surface area contributed by atoms with Gasteiger partial charge in [0.15, 0.2) is 0 Å². The molecule has 13 heavy (non-hydrogen) atoms. The van der Waals surface area contributed by atoms with Crippen molar-refractivity contribution in [1.82, 2.24) is 0 Å². The standard InChI is InChI=1S/C9H18O2S2/c1-7(2)9(10)11-5-6-12-13-8(3)4/h7-8H,5-6H2,1-4H3. The van der Waals surface area contributed by atoms with Gasteiger partial charge in [-0.2, -0.15) is 0 Å². The lowest BCUT2D eigenvalue weighted by Gasteiger charge is -2.07. The first-order valence-corrected chi connectivity index (χ1v) is 6.87. The molecule has 0 N–H and O–H groups in total. The molecule has 0 aromatic carbocycles. The number of carbonyl (C=O) groups excluding carboxylic acids is 1. The minimum absolute atomic E-state index is 0.0113. The maximum atomic E-state index is 11.0. The van der Waals surface area contributed by atoms with Crippen LogP contribution in [0, 0.1) is 5.92 Å². The van der Waals surface area contributed by atoms with Gasteiger partial charge >= 0.3 is 5.97 Å². The molecule has 0 amide bonds. The van der Waals surface area contributed by atoms with E-state index in [0.717, 1.165) is 5.75 Å². The average molecular weight is 222 g/mol. The summed E-state index contributed by atoms with van der Waals surface area (Å²) in [6.45, 7) is 8.52. The molecule has 2 nitrogen and oxygen atoms in total. The average Bonchev–Trinajstić information content (AvgIpc) is 2.02. The molecule has 0 radical (unpaired) electrons. The lowest BCUT2D eigenvalue weighted by Crippen LogP contribution is -2.13. The Morgan fingerprint density at radius 2 is 1.92 bits per heavy atom. The van der Waals surface area contributed by atoms with Gasteiger partial charge in [0.2, 0.25) is 0 Å². The van der Waals surface area contributed by atoms with Gasteiger partial charge in [0.1, 0.15) is 6.61 Å². The van der Waals surface area contributed by atoms with Crippen molar-refractivity contribution in [2.75, 3.05) is 12.4 Å². The molecule has 0 rings (SSSR count). The minimum atomic E-state index is -0.102. The van der Waals surface area contributed by atoms with E-state index in [2.05, 4.69) is 13.8 Å². The second-order valence-electron chi connectivity index (χ2n) is 3.29. The van der Waals surface area contributed by atoms with Crippen LogP contribution in [0.2, 0.25) is 0 Å². The zero-order valence-electron chi connectivity index (χ0n) is 8.70. The van der Waals surface area contributed by atoms with E-state index in [0.29, 0.717) is 11.9 Å². The highest BCUT2D eigenvalue weighted by molar-refractivity contribution is 8.76. The Balaban J connectivity index is 3.21. The van der Waals surface area contributed by atoms with Gasteiger partial charge in [-0.15, -0.1) is 0 Å². The van der Waals surface area contributed by atoms with Crippen LogP contribution in [0.25, 0.3) is 0 Å². The molecule has 0 aliphatic carbocycles. The van der Waals surface area contributed by atoms with Crippen LogP contribution in [-0.4, -0.2) is 23.6 Å². The third-order valence-electron chi connectivity index (χ3n) is 1.14. The predicted molar refractivity (Wildman–Crippen MR) is 61.0 cm³/mol. The molecule has 0 heterocycles. The Morgan fingerprint density at radius 3 is 2.38 bits per heavy atom. The molecule has 78 valence electrons. The smallest absolute Gasteiger partial charge is 0.308 e. The quantitative estimate of drug-likeness (QED) is 0.392. The summed E-state index contributed by atoms with van der Waals surface area (Å²) in [6, 6.07) is 0. The maximum Gasteiger partial charge on any atom is 0.308 e. The van der Waals surface area contributed by atoms with E-state index >= 15 is 0 Å². The van der Waals surface area contributed by atoms with E-state index in [-0.39, 0.29) is 11.9 Å². The van der Waals surface area contributed by atoms with Crippen LogP contribution in [0.1, 0.15) is 27.7 Å².